The van der Waals surface area contributed by atoms with Crippen LogP contribution in [0, 0.1) is 27.3 Å². The Balaban J connectivity index is 2.47. The van der Waals surface area contributed by atoms with E-state index >= 15 is 0 Å². The van der Waals surface area contributed by atoms with Crippen LogP contribution in [0.3, 0.4) is 0 Å². The van der Waals surface area contributed by atoms with Crippen LogP contribution in [0.4, 0.5) is 15.8 Å². The normalized spacial score (nSPS) is 11.2. The van der Waals surface area contributed by atoms with Gasteiger partial charge in [0.1, 0.15) is 11.8 Å². The Morgan fingerprint density at radius 2 is 2.00 bits per heavy atom. The SMILES string of the molecule is COc1cc(/C(O)=C(\C#N)C(=O)N(C)Cc2cc(Cl)cc(NC(C)=O)c2F)cc([N+](=O)[O-])c1O. The second kappa shape index (κ2) is 10.5. The van der Waals surface area contributed by atoms with Crippen LogP contribution in [0.1, 0.15) is 18.1 Å². The van der Waals surface area contributed by atoms with Crippen molar-refractivity contribution in [3.05, 3.63) is 61.9 Å². The fraction of sp³-hybridized carbons (Fsp3) is 0.190. The fourth-order valence-corrected chi connectivity index (χ4v) is 3.17. The third kappa shape index (κ3) is 5.51. The summed E-state index contributed by atoms with van der Waals surface area (Å²) in [4.78, 5) is 35.2. The van der Waals surface area contributed by atoms with E-state index in [4.69, 9.17) is 16.3 Å². The molecule has 0 fully saturated rings. The summed E-state index contributed by atoms with van der Waals surface area (Å²) in [5.41, 5.74) is -2.29. The molecule has 0 radical (unpaired) electrons. The number of nitro benzene ring substituents is 1. The fourth-order valence-electron chi connectivity index (χ4n) is 2.93. The first-order chi connectivity index (χ1) is 15.9. The number of carbonyl (C=O) groups excluding carboxylic acids is 2. The van der Waals surface area contributed by atoms with Gasteiger partial charge in [-0.05, 0) is 18.2 Å². The summed E-state index contributed by atoms with van der Waals surface area (Å²) in [6.07, 6.45) is 0. The largest absolute Gasteiger partial charge is 0.506 e. The lowest BCUT2D eigenvalue weighted by Crippen LogP contribution is -2.28. The Bertz CT molecular complexity index is 1260. The molecule has 0 saturated heterocycles. The Kier molecular flexibility index (Phi) is 7.99. The van der Waals surface area contributed by atoms with E-state index in [1.807, 2.05) is 0 Å². The number of phenolic OH excluding ortho intramolecular Hbond substituents is 1. The van der Waals surface area contributed by atoms with Gasteiger partial charge < -0.3 is 25.2 Å². The molecule has 0 atom stereocenters. The quantitative estimate of drug-likeness (QED) is 0.173. The smallest absolute Gasteiger partial charge is 0.315 e. The number of ether oxygens (including phenoxy) is 1. The van der Waals surface area contributed by atoms with Gasteiger partial charge in [0.25, 0.3) is 5.91 Å². The van der Waals surface area contributed by atoms with Crippen molar-refractivity contribution in [2.45, 2.75) is 13.5 Å². The number of carbonyl (C=O) groups is 2. The van der Waals surface area contributed by atoms with Crippen LogP contribution >= 0.6 is 11.6 Å². The summed E-state index contributed by atoms with van der Waals surface area (Å²) in [5, 5.41) is 43.4. The number of aromatic hydroxyl groups is 1. The molecular weight excluding hydrogens is 475 g/mol. The van der Waals surface area contributed by atoms with Crippen LogP contribution in [0.25, 0.3) is 5.76 Å². The maximum Gasteiger partial charge on any atom is 0.315 e. The third-order valence-corrected chi connectivity index (χ3v) is 4.70. The van der Waals surface area contributed by atoms with Crippen molar-refractivity contribution < 1.29 is 33.9 Å². The van der Waals surface area contributed by atoms with Crippen LogP contribution in [-0.2, 0) is 16.1 Å². The molecule has 13 heteroatoms. The first-order valence-corrected chi connectivity index (χ1v) is 9.69. The topological polar surface area (TPSA) is 166 Å². The van der Waals surface area contributed by atoms with E-state index in [2.05, 4.69) is 5.32 Å². The highest BCUT2D eigenvalue weighted by atomic mass is 35.5. The number of nitrogens with zero attached hydrogens (tertiary/aromatic N) is 3. The molecule has 0 bridgehead atoms. The predicted molar refractivity (Wildman–Crippen MR) is 119 cm³/mol. The molecule has 34 heavy (non-hydrogen) atoms. The van der Waals surface area contributed by atoms with Gasteiger partial charge in [0.2, 0.25) is 11.7 Å². The van der Waals surface area contributed by atoms with Gasteiger partial charge in [-0.2, -0.15) is 5.26 Å². The molecule has 0 aliphatic carbocycles. The highest BCUT2D eigenvalue weighted by Gasteiger charge is 2.26. The van der Waals surface area contributed by atoms with E-state index in [0.29, 0.717) is 0 Å². The molecular formula is C21H18ClFN4O7. The van der Waals surface area contributed by atoms with Gasteiger partial charge >= 0.3 is 5.69 Å². The standard InChI is InChI=1S/C21H18ClFN4O7/c1-10(28)25-15-7-13(22)4-12(18(15)23)9-26(2)21(31)14(8-24)19(29)11-5-16(27(32)33)20(30)17(6-11)34-3/h4-7,29-30H,9H2,1-3H3,(H,25,28)/b19-14-. The first-order valence-electron chi connectivity index (χ1n) is 9.31. The number of nitrogens with one attached hydrogen (secondary N) is 1. The van der Waals surface area contributed by atoms with Crippen molar-refractivity contribution in [2.24, 2.45) is 0 Å². The van der Waals surface area contributed by atoms with Gasteiger partial charge in [-0.1, -0.05) is 11.6 Å². The average molecular weight is 493 g/mol. The number of methoxy groups -OCH3 is 1. The van der Waals surface area contributed by atoms with Gasteiger partial charge in [-0.3, -0.25) is 19.7 Å². The number of benzene rings is 2. The minimum atomic E-state index is -1.05. The summed E-state index contributed by atoms with van der Waals surface area (Å²) in [6, 6.07) is 5.68. The lowest BCUT2D eigenvalue weighted by atomic mass is 10.1. The Labute approximate surface area is 197 Å². The second-order valence-corrected chi connectivity index (χ2v) is 7.34. The van der Waals surface area contributed by atoms with Crippen molar-refractivity contribution in [2.75, 3.05) is 19.5 Å². The molecule has 11 nitrogen and oxygen atoms in total. The number of anilines is 1. The molecule has 2 aromatic carbocycles. The van der Waals surface area contributed by atoms with E-state index in [1.165, 1.54) is 32.2 Å². The maximum absolute atomic E-state index is 14.7. The Hall–Kier alpha value is -4.37. The van der Waals surface area contributed by atoms with Gasteiger partial charge in [-0.15, -0.1) is 0 Å². The monoisotopic (exact) mass is 492 g/mol. The minimum absolute atomic E-state index is 0.0726. The van der Waals surface area contributed by atoms with Crippen molar-refractivity contribution >= 4 is 40.5 Å². The number of amides is 2. The number of nitriles is 1. The van der Waals surface area contributed by atoms with Crippen LogP contribution in [0.5, 0.6) is 11.5 Å². The molecule has 0 heterocycles. The molecule has 0 aliphatic heterocycles. The van der Waals surface area contributed by atoms with Crippen molar-refractivity contribution in [1.29, 1.82) is 5.26 Å². The number of hydrogen-bond acceptors (Lipinski definition) is 8. The van der Waals surface area contributed by atoms with Crippen molar-refractivity contribution in [1.82, 2.24) is 4.90 Å². The molecule has 3 N–H and O–H groups in total. The number of aliphatic hydroxyl groups is 1. The van der Waals surface area contributed by atoms with Crippen LogP contribution in [-0.4, -0.2) is 46.0 Å². The van der Waals surface area contributed by atoms with Crippen molar-refractivity contribution in [3.63, 3.8) is 0 Å². The Morgan fingerprint density at radius 3 is 2.53 bits per heavy atom. The number of aliphatic hydroxyl groups excluding tert-OH is 1. The van der Waals surface area contributed by atoms with E-state index in [1.54, 1.807) is 0 Å². The lowest BCUT2D eigenvalue weighted by Gasteiger charge is -2.19. The zero-order valence-corrected chi connectivity index (χ0v) is 18.8. The highest BCUT2D eigenvalue weighted by Crippen LogP contribution is 2.39. The van der Waals surface area contributed by atoms with Gasteiger partial charge in [0.15, 0.2) is 17.1 Å². The minimum Gasteiger partial charge on any atom is -0.506 e. The highest BCUT2D eigenvalue weighted by molar-refractivity contribution is 6.31. The summed E-state index contributed by atoms with van der Waals surface area (Å²) in [5.74, 6) is -4.56. The summed E-state index contributed by atoms with van der Waals surface area (Å²) in [6.45, 7) is 0.764. The molecule has 178 valence electrons. The van der Waals surface area contributed by atoms with Crippen LogP contribution < -0.4 is 10.1 Å². The molecule has 0 spiro atoms. The van der Waals surface area contributed by atoms with E-state index in [-0.39, 0.29) is 27.6 Å². The number of likely N-dealkylation sites (N-methyl/N-ethyl adjacent to an activating group) is 1. The van der Waals surface area contributed by atoms with Gasteiger partial charge in [-0.25, -0.2) is 4.39 Å². The molecule has 2 amide bonds. The summed E-state index contributed by atoms with van der Waals surface area (Å²) < 4.78 is 19.6. The third-order valence-electron chi connectivity index (χ3n) is 4.49. The molecule has 0 aromatic heterocycles. The molecule has 2 rings (SSSR count). The number of rotatable bonds is 7. The van der Waals surface area contributed by atoms with E-state index < -0.39 is 51.9 Å². The molecule has 0 unspecified atom stereocenters. The second-order valence-electron chi connectivity index (χ2n) is 6.91. The van der Waals surface area contributed by atoms with Gasteiger partial charge in [0.05, 0.1) is 17.7 Å². The van der Waals surface area contributed by atoms with Crippen molar-refractivity contribution in [3.8, 4) is 17.6 Å². The number of nitro groups is 1. The number of halogens is 2. The summed E-state index contributed by atoms with van der Waals surface area (Å²) >= 11 is 5.96. The molecule has 0 aliphatic rings. The van der Waals surface area contributed by atoms with Crippen LogP contribution in [0.2, 0.25) is 5.02 Å². The lowest BCUT2D eigenvalue weighted by molar-refractivity contribution is -0.386. The maximum atomic E-state index is 14.7. The Morgan fingerprint density at radius 1 is 1.35 bits per heavy atom. The average Bonchev–Trinajstić information content (AvgIpc) is 2.76. The summed E-state index contributed by atoms with van der Waals surface area (Å²) in [7, 11) is 2.33. The number of phenols is 1. The predicted octanol–water partition coefficient (Wildman–Crippen LogP) is 3.51. The molecule has 2 aromatic rings. The zero-order chi connectivity index (χ0) is 25.7. The van der Waals surface area contributed by atoms with E-state index in [9.17, 15) is 39.6 Å². The van der Waals surface area contributed by atoms with E-state index in [0.717, 1.165) is 24.1 Å². The first kappa shape index (κ1) is 25.9. The van der Waals surface area contributed by atoms with Crippen LogP contribution in [0.15, 0.2) is 29.8 Å². The number of hydrogen-bond donors (Lipinski definition) is 3. The zero-order valence-electron chi connectivity index (χ0n) is 18.0. The molecule has 0 saturated carbocycles. The van der Waals surface area contributed by atoms with Gasteiger partial charge in [0, 0.05) is 42.7 Å².